The highest BCUT2D eigenvalue weighted by atomic mass is 16.5. The highest BCUT2D eigenvalue weighted by Crippen LogP contribution is 2.19. The number of H-pyrrole nitrogens is 1. The molecule has 1 aliphatic rings. The minimum absolute atomic E-state index is 0.760. The Morgan fingerprint density at radius 3 is 2.94 bits per heavy atom. The maximum Gasteiger partial charge on any atom is 0.120 e. The minimum Gasteiger partial charge on any atom is -0.492 e. The molecule has 0 radical (unpaired) electrons. The molecule has 0 unspecified atom stereocenters. The summed E-state index contributed by atoms with van der Waals surface area (Å²) in [4.78, 5) is 5.62. The summed E-state index contributed by atoms with van der Waals surface area (Å²) in [6, 6.07) is 8.24. The second-order valence-corrected chi connectivity index (χ2v) is 4.67. The summed E-state index contributed by atoms with van der Waals surface area (Å²) in [5.41, 5.74) is 1.16. The maximum atomic E-state index is 5.81. The molecule has 4 nitrogen and oxygen atoms in total. The van der Waals surface area contributed by atoms with Crippen molar-refractivity contribution in [2.45, 2.75) is 0 Å². The largest absolute Gasteiger partial charge is 0.492 e. The summed E-state index contributed by atoms with van der Waals surface area (Å²) >= 11 is 0. The van der Waals surface area contributed by atoms with E-state index in [4.69, 9.17) is 4.74 Å². The lowest BCUT2D eigenvalue weighted by molar-refractivity contribution is 0.191. The zero-order valence-corrected chi connectivity index (χ0v) is 10.5. The van der Waals surface area contributed by atoms with E-state index in [1.165, 1.54) is 5.39 Å². The van der Waals surface area contributed by atoms with Crippen LogP contribution in [0.3, 0.4) is 0 Å². The highest BCUT2D eigenvalue weighted by Gasteiger charge is 2.08. The van der Waals surface area contributed by atoms with E-state index in [1.807, 2.05) is 12.3 Å². The number of piperazine rings is 1. The van der Waals surface area contributed by atoms with Gasteiger partial charge in [0.2, 0.25) is 0 Å². The van der Waals surface area contributed by atoms with Gasteiger partial charge in [0.05, 0.1) is 0 Å². The van der Waals surface area contributed by atoms with Crippen LogP contribution in [0.15, 0.2) is 30.5 Å². The standard InChI is InChI=1S/C14H19N3O/c1-2-14-12(3-4-16-14)11-13(1)18-10-9-17-7-5-15-6-8-17/h1-4,11,15-16H,5-10H2. The molecule has 1 aromatic carbocycles. The smallest absolute Gasteiger partial charge is 0.120 e. The Kier molecular flexibility index (Phi) is 3.48. The van der Waals surface area contributed by atoms with Gasteiger partial charge in [0, 0.05) is 49.8 Å². The van der Waals surface area contributed by atoms with E-state index in [2.05, 4.69) is 33.4 Å². The molecule has 1 aliphatic heterocycles. The van der Waals surface area contributed by atoms with Crippen LogP contribution in [0.1, 0.15) is 0 Å². The maximum absolute atomic E-state index is 5.81. The summed E-state index contributed by atoms with van der Waals surface area (Å²) in [5, 5.41) is 4.56. The van der Waals surface area contributed by atoms with E-state index in [9.17, 15) is 0 Å². The first kappa shape index (κ1) is 11.6. The fraction of sp³-hybridized carbons (Fsp3) is 0.429. The fourth-order valence-electron chi connectivity index (χ4n) is 2.35. The molecule has 4 heteroatoms. The van der Waals surface area contributed by atoms with Crippen LogP contribution >= 0.6 is 0 Å². The van der Waals surface area contributed by atoms with Crippen LogP contribution < -0.4 is 10.1 Å². The average Bonchev–Trinajstić information content (AvgIpc) is 2.87. The number of aromatic nitrogens is 1. The van der Waals surface area contributed by atoms with Gasteiger partial charge in [-0.05, 0) is 24.3 Å². The van der Waals surface area contributed by atoms with Crippen molar-refractivity contribution in [2.24, 2.45) is 0 Å². The van der Waals surface area contributed by atoms with E-state index in [-0.39, 0.29) is 0 Å². The van der Waals surface area contributed by atoms with E-state index < -0.39 is 0 Å². The SMILES string of the molecule is c1cc2cc(OCCN3CCNCC3)ccc2[nH]1. The highest BCUT2D eigenvalue weighted by molar-refractivity contribution is 5.80. The second-order valence-electron chi connectivity index (χ2n) is 4.67. The second kappa shape index (κ2) is 5.42. The van der Waals surface area contributed by atoms with Crippen LogP contribution in [0, 0.1) is 0 Å². The molecule has 0 saturated carbocycles. The van der Waals surface area contributed by atoms with Crippen molar-refractivity contribution in [3.05, 3.63) is 30.5 Å². The van der Waals surface area contributed by atoms with Gasteiger partial charge in [-0.15, -0.1) is 0 Å². The molecular formula is C14H19N3O. The first-order valence-corrected chi connectivity index (χ1v) is 6.55. The van der Waals surface area contributed by atoms with Crippen LogP contribution in [-0.2, 0) is 0 Å². The van der Waals surface area contributed by atoms with Crippen LogP contribution in [0.5, 0.6) is 5.75 Å². The van der Waals surface area contributed by atoms with Crippen LogP contribution in [-0.4, -0.2) is 49.2 Å². The lowest BCUT2D eigenvalue weighted by atomic mass is 10.2. The predicted molar refractivity (Wildman–Crippen MR) is 73.1 cm³/mol. The van der Waals surface area contributed by atoms with E-state index in [1.54, 1.807) is 0 Å². The number of nitrogens with one attached hydrogen (secondary N) is 2. The third-order valence-corrected chi connectivity index (χ3v) is 3.41. The molecular weight excluding hydrogens is 226 g/mol. The summed E-state index contributed by atoms with van der Waals surface area (Å²) < 4.78 is 5.81. The first-order valence-electron chi connectivity index (χ1n) is 6.55. The Morgan fingerprint density at radius 1 is 1.17 bits per heavy atom. The van der Waals surface area contributed by atoms with Gasteiger partial charge in [-0.2, -0.15) is 0 Å². The Bertz CT molecular complexity index is 502. The third-order valence-electron chi connectivity index (χ3n) is 3.41. The first-order chi connectivity index (χ1) is 8.92. The number of hydrogen-bond donors (Lipinski definition) is 2. The fourth-order valence-corrected chi connectivity index (χ4v) is 2.35. The quantitative estimate of drug-likeness (QED) is 0.856. The summed E-state index contributed by atoms with van der Waals surface area (Å²) in [6.07, 6.45) is 1.95. The molecule has 1 aromatic heterocycles. The number of nitrogens with zero attached hydrogens (tertiary/aromatic N) is 1. The van der Waals surface area contributed by atoms with E-state index >= 15 is 0 Å². The van der Waals surface area contributed by atoms with Crippen molar-refractivity contribution in [3.8, 4) is 5.75 Å². The van der Waals surface area contributed by atoms with Crippen molar-refractivity contribution in [2.75, 3.05) is 39.3 Å². The number of rotatable bonds is 4. The molecule has 0 aliphatic carbocycles. The normalized spacial score (nSPS) is 17.1. The number of benzene rings is 1. The Morgan fingerprint density at radius 2 is 2.06 bits per heavy atom. The molecule has 0 spiro atoms. The molecule has 18 heavy (non-hydrogen) atoms. The molecule has 1 fully saturated rings. The van der Waals surface area contributed by atoms with E-state index in [0.717, 1.165) is 50.6 Å². The van der Waals surface area contributed by atoms with Crippen molar-refractivity contribution in [1.82, 2.24) is 15.2 Å². The minimum atomic E-state index is 0.760. The molecule has 2 aromatic rings. The van der Waals surface area contributed by atoms with Gasteiger partial charge < -0.3 is 15.0 Å². The van der Waals surface area contributed by atoms with Crippen molar-refractivity contribution in [3.63, 3.8) is 0 Å². The molecule has 2 N–H and O–H groups in total. The molecule has 0 amide bonds. The lowest BCUT2D eigenvalue weighted by Crippen LogP contribution is -2.44. The summed E-state index contributed by atoms with van der Waals surface area (Å²) in [7, 11) is 0. The predicted octanol–water partition coefficient (Wildman–Crippen LogP) is 1.45. The Balaban J connectivity index is 1.52. The number of fused-ring (bicyclic) bond motifs is 1. The van der Waals surface area contributed by atoms with Crippen molar-refractivity contribution < 1.29 is 4.74 Å². The number of aromatic amines is 1. The third kappa shape index (κ3) is 2.66. The van der Waals surface area contributed by atoms with Gasteiger partial charge in [0.1, 0.15) is 12.4 Å². The zero-order valence-electron chi connectivity index (χ0n) is 10.5. The molecule has 96 valence electrons. The zero-order chi connectivity index (χ0) is 12.2. The van der Waals surface area contributed by atoms with Gasteiger partial charge in [-0.3, -0.25) is 4.90 Å². The monoisotopic (exact) mass is 245 g/mol. The summed E-state index contributed by atoms with van der Waals surface area (Å²) in [6.45, 7) is 6.20. The number of hydrogen-bond acceptors (Lipinski definition) is 3. The average molecular weight is 245 g/mol. The van der Waals surface area contributed by atoms with Gasteiger partial charge in [-0.1, -0.05) is 0 Å². The van der Waals surface area contributed by atoms with Gasteiger partial charge in [0.25, 0.3) is 0 Å². The molecule has 3 rings (SSSR count). The van der Waals surface area contributed by atoms with Crippen LogP contribution in [0.4, 0.5) is 0 Å². The summed E-state index contributed by atoms with van der Waals surface area (Å²) in [5.74, 6) is 0.956. The molecule has 2 heterocycles. The van der Waals surface area contributed by atoms with Gasteiger partial charge in [-0.25, -0.2) is 0 Å². The Labute approximate surface area is 107 Å². The lowest BCUT2D eigenvalue weighted by Gasteiger charge is -2.26. The van der Waals surface area contributed by atoms with E-state index in [0.29, 0.717) is 0 Å². The Hall–Kier alpha value is -1.52. The van der Waals surface area contributed by atoms with Crippen molar-refractivity contribution >= 4 is 10.9 Å². The molecule has 1 saturated heterocycles. The molecule has 0 bridgehead atoms. The van der Waals surface area contributed by atoms with Crippen LogP contribution in [0.2, 0.25) is 0 Å². The molecule has 0 atom stereocenters. The number of ether oxygens (including phenoxy) is 1. The topological polar surface area (TPSA) is 40.3 Å². The van der Waals surface area contributed by atoms with Gasteiger partial charge in [0.15, 0.2) is 0 Å². The van der Waals surface area contributed by atoms with Gasteiger partial charge >= 0.3 is 0 Å². The van der Waals surface area contributed by atoms with Crippen molar-refractivity contribution in [1.29, 1.82) is 0 Å². The van der Waals surface area contributed by atoms with Crippen LogP contribution in [0.25, 0.3) is 10.9 Å².